The van der Waals surface area contributed by atoms with Gasteiger partial charge in [-0.25, -0.2) is 4.79 Å². The first-order valence-corrected chi connectivity index (χ1v) is 11.9. The van der Waals surface area contributed by atoms with Crippen LogP contribution < -0.4 is 4.90 Å². The number of benzene rings is 2. The average molecular weight is 469 g/mol. The molecule has 3 aromatic rings. The molecule has 0 atom stereocenters. The number of hydrogen-bond donors (Lipinski definition) is 0. The lowest BCUT2D eigenvalue weighted by Crippen LogP contribution is -2.24. The Kier molecular flexibility index (Phi) is 6.53. The molecule has 180 valence electrons. The van der Waals surface area contributed by atoms with Crippen LogP contribution in [0.25, 0.3) is 11.8 Å². The molecule has 0 unspecified atom stereocenters. The van der Waals surface area contributed by atoms with Gasteiger partial charge in [-0.1, -0.05) is 18.2 Å². The number of esters is 1. The molecule has 0 radical (unpaired) electrons. The monoisotopic (exact) mass is 468 g/mol. The van der Waals surface area contributed by atoms with Crippen molar-refractivity contribution in [1.82, 2.24) is 4.57 Å². The van der Waals surface area contributed by atoms with E-state index >= 15 is 0 Å². The summed E-state index contributed by atoms with van der Waals surface area (Å²) in [5.74, 6) is -0.711. The molecule has 0 bridgehead atoms. The molecule has 1 aromatic heterocycles. The number of allylic oxidation sites excluding steroid dienone is 1. The number of rotatable bonds is 5. The maximum Gasteiger partial charge on any atom is 0.340 e. The van der Waals surface area contributed by atoms with Gasteiger partial charge in [-0.05, 0) is 107 Å². The number of nitrogens with zero attached hydrogens (tertiary/aromatic N) is 2. The van der Waals surface area contributed by atoms with Gasteiger partial charge in [-0.15, -0.1) is 0 Å². The fraction of sp³-hybridized carbons (Fsp3) is 0.267. The fourth-order valence-electron chi connectivity index (χ4n) is 4.71. The Morgan fingerprint density at radius 2 is 1.66 bits per heavy atom. The molecule has 2 heterocycles. The minimum absolute atomic E-state index is 0.228. The van der Waals surface area contributed by atoms with Crippen molar-refractivity contribution >= 4 is 23.6 Å². The van der Waals surface area contributed by atoms with Crippen LogP contribution in [-0.4, -0.2) is 23.1 Å². The summed E-state index contributed by atoms with van der Waals surface area (Å²) in [6, 6.07) is 16.2. The molecular weight excluding hydrogens is 436 g/mol. The minimum atomic E-state index is -0.483. The predicted octanol–water partition coefficient (Wildman–Crippen LogP) is 6.29. The van der Waals surface area contributed by atoms with Crippen molar-refractivity contribution in [1.29, 1.82) is 0 Å². The molecule has 0 spiro atoms. The Hall–Kier alpha value is -3.86. The number of hydrogen-bond acceptors (Lipinski definition) is 3. The van der Waals surface area contributed by atoms with Gasteiger partial charge in [0.05, 0.1) is 17.8 Å². The van der Waals surface area contributed by atoms with Gasteiger partial charge in [0.15, 0.2) is 0 Å². The zero-order chi connectivity index (χ0) is 25.4. The molecule has 35 heavy (non-hydrogen) atoms. The van der Waals surface area contributed by atoms with Gasteiger partial charge in [0, 0.05) is 28.5 Å². The highest BCUT2D eigenvalue weighted by Gasteiger charge is 2.38. The second kappa shape index (κ2) is 9.41. The van der Waals surface area contributed by atoms with Crippen LogP contribution in [-0.2, 0) is 14.3 Å². The predicted molar refractivity (Wildman–Crippen MR) is 141 cm³/mol. The number of ether oxygens (including phenoxy) is 1. The van der Waals surface area contributed by atoms with Crippen LogP contribution in [0.5, 0.6) is 0 Å². The lowest BCUT2D eigenvalue weighted by molar-refractivity contribution is -0.138. The van der Waals surface area contributed by atoms with E-state index in [1.807, 2.05) is 58.0 Å². The number of aryl methyl sites for hydroxylation is 4. The standard InChI is InChI=1S/C30H32N2O3/c1-8-35-30(34)28-23(7)32(26-13-12-19(3)20(4)15-26)29(33)27(28)17-24-16-21(5)31(22(24)6)25-11-9-10-18(2)14-25/h9-17H,8H2,1-7H3/b27-17-. The SMILES string of the molecule is CCOC(=O)C1=C(C)N(c2ccc(C)c(C)c2)C(=O)/C1=C\c1cc(C)n(-c2cccc(C)c2)c1C. The largest absolute Gasteiger partial charge is 0.462 e. The number of aromatic nitrogens is 1. The van der Waals surface area contributed by atoms with Crippen LogP contribution in [0.3, 0.4) is 0 Å². The highest BCUT2D eigenvalue weighted by atomic mass is 16.5. The van der Waals surface area contributed by atoms with E-state index in [2.05, 4.69) is 35.8 Å². The number of anilines is 1. The third kappa shape index (κ3) is 4.34. The van der Waals surface area contributed by atoms with E-state index in [1.165, 1.54) is 5.56 Å². The zero-order valence-corrected chi connectivity index (χ0v) is 21.5. The van der Waals surface area contributed by atoms with Crippen LogP contribution in [0, 0.1) is 34.6 Å². The summed E-state index contributed by atoms with van der Waals surface area (Å²) in [5, 5.41) is 0. The van der Waals surface area contributed by atoms with Gasteiger partial charge >= 0.3 is 5.97 Å². The maximum atomic E-state index is 13.8. The van der Waals surface area contributed by atoms with Crippen LogP contribution in [0.4, 0.5) is 5.69 Å². The summed E-state index contributed by atoms with van der Waals surface area (Å²) in [5.41, 5.74) is 9.40. The van der Waals surface area contributed by atoms with Crippen molar-refractivity contribution in [3.05, 3.63) is 99.0 Å². The summed E-state index contributed by atoms with van der Waals surface area (Å²) in [6.07, 6.45) is 1.83. The summed E-state index contributed by atoms with van der Waals surface area (Å²) in [6.45, 7) is 14.0. The molecule has 5 nitrogen and oxygen atoms in total. The van der Waals surface area contributed by atoms with Gasteiger partial charge in [-0.3, -0.25) is 9.69 Å². The molecular formula is C30H32N2O3. The normalized spacial score (nSPS) is 14.9. The second-order valence-corrected chi connectivity index (χ2v) is 9.15. The number of carbonyl (C=O) groups excluding carboxylic acids is 2. The minimum Gasteiger partial charge on any atom is -0.462 e. The van der Waals surface area contributed by atoms with Crippen molar-refractivity contribution < 1.29 is 14.3 Å². The molecule has 2 aromatic carbocycles. The fourth-order valence-corrected chi connectivity index (χ4v) is 4.71. The molecule has 1 aliphatic heterocycles. The van der Waals surface area contributed by atoms with Crippen molar-refractivity contribution in [3.8, 4) is 5.69 Å². The summed E-state index contributed by atoms with van der Waals surface area (Å²) in [4.78, 5) is 28.4. The Bertz CT molecular complexity index is 1400. The maximum absolute atomic E-state index is 13.8. The Morgan fingerprint density at radius 1 is 0.914 bits per heavy atom. The highest BCUT2D eigenvalue weighted by molar-refractivity contribution is 6.23. The molecule has 0 saturated heterocycles. The quantitative estimate of drug-likeness (QED) is 0.327. The zero-order valence-electron chi connectivity index (χ0n) is 21.5. The topological polar surface area (TPSA) is 51.5 Å². The summed E-state index contributed by atoms with van der Waals surface area (Å²) < 4.78 is 7.53. The molecule has 4 rings (SSSR count). The van der Waals surface area contributed by atoms with E-state index in [4.69, 9.17) is 4.74 Å². The lowest BCUT2D eigenvalue weighted by Gasteiger charge is -2.19. The van der Waals surface area contributed by atoms with Crippen molar-refractivity contribution in [2.45, 2.75) is 48.5 Å². The van der Waals surface area contributed by atoms with Crippen molar-refractivity contribution in [2.75, 3.05) is 11.5 Å². The first kappa shape index (κ1) is 24.3. The van der Waals surface area contributed by atoms with Crippen LogP contribution >= 0.6 is 0 Å². The molecule has 1 amide bonds. The summed E-state index contributed by atoms with van der Waals surface area (Å²) >= 11 is 0. The highest BCUT2D eigenvalue weighted by Crippen LogP contribution is 2.37. The van der Waals surface area contributed by atoms with Gasteiger partial charge in [0.25, 0.3) is 5.91 Å². The van der Waals surface area contributed by atoms with Gasteiger partial charge in [0.1, 0.15) is 0 Å². The Balaban J connectivity index is 1.86. The molecule has 5 heteroatoms. The second-order valence-electron chi connectivity index (χ2n) is 9.15. The first-order chi connectivity index (χ1) is 16.6. The van der Waals surface area contributed by atoms with Gasteiger partial charge in [-0.2, -0.15) is 0 Å². The third-order valence-electron chi connectivity index (χ3n) is 6.66. The van der Waals surface area contributed by atoms with Gasteiger partial charge < -0.3 is 9.30 Å². The van der Waals surface area contributed by atoms with E-state index in [9.17, 15) is 9.59 Å². The Labute approximate surface area is 207 Å². The third-order valence-corrected chi connectivity index (χ3v) is 6.66. The molecule has 0 N–H and O–H groups in total. The average Bonchev–Trinajstić information content (AvgIpc) is 3.22. The Morgan fingerprint density at radius 3 is 2.31 bits per heavy atom. The van der Waals surface area contributed by atoms with Crippen LogP contribution in [0.1, 0.15) is 47.5 Å². The number of amides is 1. The van der Waals surface area contributed by atoms with Crippen LogP contribution in [0.15, 0.2) is 65.4 Å². The smallest absolute Gasteiger partial charge is 0.340 e. The molecule has 1 aliphatic rings. The number of carbonyl (C=O) groups is 2. The molecule has 0 saturated carbocycles. The molecule has 0 aliphatic carbocycles. The van der Waals surface area contributed by atoms with Crippen molar-refractivity contribution in [3.63, 3.8) is 0 Å². The van der Waals surface area contributed by atoms with E-state index in [-0.39, 0.29) is 12.5 Å². The summed E-state index contributed by atoms with van der Waals surface area (Å²) in [7, 11) is 0. The van der Waals surface area contributed by atoms with Gasteiger partial charge in [0.2, 0.25) is 0 Å². The molecule has 0 fully saturated rings. The van der Waals surface area contributed by atoms with Crippen molar-refractivity contribution in [2.24, 2.45) is 0 Å². The lowest BCUT2D eigenvalue weighted by atomic mass is 10.0. The van der Waals surface area contributed by atoms with E-state index in [0.717, 1.165) is 39.5 Å². The van der Waals surface area contributed by atoms with E-state index in [1.54, 1.807) is 18.7 Å². The van der Waals surface area contributed by atoms with E-state index in [0.29, 0.717) is 16.8 Å². The van der Waals surface area contributed by atoms with Crippen LogP contribution in [0.2, 0.25) is 0 Å². The van der Waals surface area contributed by atoms with E-state index < -0.39 is 5.97 Å². The first-order valence-electron chi connectivity index (χ1n) is 11.9.